The van der Waals surface area contributed by atoms with Crippen LogP contribution < -0.4 is 5.32 Å². The molecule has 0 bridgehead atoms. The van der Waals surface area contributed by atoms with Crippen LogP contribution in [-0.2, 0) is 19.6 Å². The van der Waals surface area contributed by atoms with Crippen molar-refractivity contribution in [3.05, 3.63) is 57.7 Å². The number of halogens is 1. The molecule has 0 radical (unpaired) electrons. The fourth-order valence-electron chi connectivity index (χ4n) is 3.42. The van der Waals surface area contributed by atoms with Crippen LogP contribution in [0, 0.1) is 9.49 Å². The third-order valence-corrected chi connectivity index (χ3v) is 7.78. The first-order valence-corrected chi connectivity index (χ1v) is 12.6. The topological polar surface area (TPSA) is 92.8 Å². The summed E-state index contributed by atoms with van der Waals surface area (Å²) < 4.78 is 33.6. The van der Waals surface area contributed by atoms with Crippen molar-refractivity contribution in [2.24, 2.45) is 5.92 Å². The first-order chi connectivity index (χ1) is 14.8. The molecule has 2 aromatic carbocycles. The van der Waals surface area contributed by atoms with E-state index in [1.165, 1.54) is 16.4 Å². The Morgan fingerprint density at radius 3 is 2.45 bits per heavy atom. The van der Waals surface area contributed by atoms with Crippen molar-refractivity contribution in [1.29, 1.82) is 0 Å². The van der Waals surface area contributed by atoms with Crippen LogP contribution in [0.25, 0.3) is 0 Å². The normalized spacial score (nSPS) is 15.4. The molecular formula is C22H25IN2O5S. The molecule has 2 aromatic rings. The van der Waals surface area contributed by atoms with Crippen molar-refractivity contribution in [2.45, 2.75) is 24.7 Å². The molecule has 3 rings (SSSR count). The van der Waals surface area contributed by atoms with Gasteiger partial charge in [0.05, 0.1) is 24.0 Å². The number of benzene rings is 2. The average Bonchev–Trinajstić information content (AvgIpc) is 2.79. The molecule has 1 heterocycles. The highest BCUT2D eigenvalue weighted by Gasteiger charge is 2.32. The minimum Gasteiger partial charge on any atom is -0.466 e. The average molecular weight is 556 g/mol. The van der Waals surface area contributed by atoms with E-state index in [-0.39, 0.29) is 42.2 Å². The van der Waals surface area contributed by atoms with Gasteiger partial charge < -0.3 is 10.1 Å². The fourth-order valence-corrected chi connectivity index (χ4v) is 5.30. The number of hydrogen-bond acceptors (Lipinski definition) is 6. The summed E-state index contributed by atoms with van der Waals surface area (Å²) >= 11 is 2.21. The smallest absolute Gasteiger partial charge is 0.309 e. The lowest BCUT2D eigenvalue weighted by atomic mass is 9.98. The summed E-state index contributed by atoms with van der Waals surface area (Å²) in [6.45, 7) is 2.63. The van der Waals surface area contributed by atoms with Crippen LogP contribution in [0.4, 0.5) is 5.69 Å². The van der Waals surface area contributed by atoms with Gasteiger partial charge in [-0.3, -0.25) is 9.59 Å². The summed E-state index contributed by atoms with van der Waals surface area (Å²) in [7, 11) is -3.74. The molecule has 0 unspecified atom stereocenters. The molecule has 1 aliphatic heterocycles. The van der Waals surface area contributed by atoms with Crippen LogP contribution in [0.5, 0.6) is 0 Å². The summed E-state index contributed by atoms with van der Waals surface area (Å²) in [5.74, 6) is -0.740. The Morgan fingerprint density at radius 2 is 1.81 bits per heavy atom. The first kappa shape index (κ1) is 23.7. The van der Waals surface area contributed by atoms with Gasteiger partial charge in [-0.1, -0.05) is 12.1 Å². The highest BCUT2D eigenvalue weighted by molar-refractivity contribution is 14.1. The van der Waals surface area contributed by atoms with Crippen molar-refractivity contribution < 1.29 is 22.7 Å². The zero-order valence-electron chi connectivity index (χ0n) is 17.2. The second-order valence-corrected chi connectivity index (χ2v) is 10.4. The number of nitrogens with one attached hydrogen (secondary N) is 1. The highest BCUT2D eigenvalue weighted by atomic mass is 127. The number of anilines is 1. The number of rotatable bonds is 8. The lowest BCUT2D eigenvalue weighted by Crippen LogP contribution is -2.40. The first-order valence-electron chi connectivity index (χ1n) is 10.1. The number of Topliss-reactive ketones (excluding diaryl/α,β-unsaturated/α-hetero) is 1. The largest absolute Gasteiger partial charge is 0.466 e. The summed E-state index contributed by atoms with van der Waals surface area (Å²) in [6, 6.07) is 13.8. The molecular weight excluding hydrogens is 531 g/mol. The lowest BCUT2D eigenvalue weighted by molar-refractivity contribution is -0.149. The zero-order valence-corrected chi connectivity index (χ0v) is 20.2. The third-order valence-electron chi connectivity index (χ3n) is 5.16. The highest BCUT2D eigenvalue weighted by Crippen LogP contribution is 2.25. The van der Waals surface area contributed by atoms with Gasteiger partial charge in [-0.15, -0.1) is 0 Å². The predicted octanol–water partition coefficient (Wildman–Crippen LogP) is 3.55. The summed E-state index contributed by atoms with van der Waals surface area (Å²) in [4.78, 5) is 24.6. The van der Waals surface area contributed by atoms with E-state index in [0.717, 1.165) is 9.26 Å². The minimum atomic E-state index is -3.74. The molecule has 0 aliphatic carbocycles. The molecule has 1 N–H and O–H groups in total. The van der Waals surface area contributed by atoms with E-state index >= 15 is 0 Å². The standard InChI is InChI=1S/C22H25IN2O5S/c1-2-30-22(27)16-10-12-25(13-11-16)31(28,29)20-5-3-4-17(14-20)21(26)15-24-19-8-6-18(23)7-9-19/h3-9,14,16,24H,2,10-13,15H2,1H3. The number of hydrogen-bond donors (Lipinski definition) is 1. The third kappa shape index (κ3) is 6.05. The van der Waals surface area contributed by atoms with Gasteiger partial charge in [-0.05, 0) is 78.8 Å². The second-order valence-electron chi connectivity index (χ2n) is 7.24. The summed E-state index contributed by atoms with van der Waals surface area (Å²) in [5, 5.41) is 3.06. The van der Waals surface area contributed by atoms with Crippen molar-refractivity contribution in [3.8, 4) is 0 Å². The predicted molar refractivity (Wildman–Crippen MR) is 127 cm³/mol. The van der Waals surface area contributed by atoms with Gasteiger partial charge in [0.25, 0.3) is 0 Å². The van der Waals surface area contributed by atoms with E-state index in [4.69, 9.17) is 4.74 Å². The minimum absolute atomic E-state index is 0.0645. The molecule has 0 spiro atoms. The van der Waals surface area contributed by atoms with E-state index < -0.39 is 10.0 Å². The lowest BCUT2D eigenvalue weighted by Gasteiger charge is -2.30. The number of ketones is 1. The molecule has 1 saturated heterocycles. The van der Waals surface area contributed by atoms with Gasteiger partial charge in [0, 0.05) is 27.9 Å². The van der Waals surface area contributed by atoms with E-state index in [2.05, 4.69) is 27.9 Å². The zero-order chi connectivity index (χ0) is 22.4. The molecule has 1 aliphatic rings. The number of nitrogens with zero attached hydrogens (tertiary/aromatic N) is 1. The summed E-state index contributed by atoms with van der Waals surface area (Å²) in [5.41, 5.74) is 1.16. The van der Waals surface area contributed by atoms with E-state index in [9.17, 15) is 18.0 Å². The van der Waals surface area contributed by atoms with Crippen LogP contribution in [0.15, 0.2) is 53.4 Å². The van der Waals surface area contributed by atoms with Crippen molar-refractivity contribution >= 4 is 50.1 Å². The van der Waals surface area contributed by atoms with Crippen molar-refractivity contribution in [3.63, 3.8) is 0 Å². The molecule has 0 amide bonds. The number of esters is 1. The molecule has 0 atom stereocenters. The number of carbonyl (C=O) groups excluding carboxylic acids is 2. The number of piperidine rings is 1. The van der Waals surface area contributed by atoms with Crippen molar-refractivity contribution in [1.82, 2.24) is 4.31 Å². The Morgan fingerprint density at radius 1 is 1.13 bits per heavy atom. The van der Waals surface area contributed by atoms with Gasteiger partial charge in [0.15, 0.2) is 5.78 Å². The number of sulfonamides is 1. The maximum absolute atomic E-state index is 13.1. The van der Waals surface area contributed by atoms with Gasteiger partial charge in [-0.25, -0.2) is 8.42 Å². The SMILES string of the molecule is CCOC(=O)C1CCN(S(=O)(=O)c2cccc(C(=O)CNc3ccc(I)cc3)c2)CC1. The molecule has 0 aromatic heterocycles. The molecule has 0 saturated carbocycles. The van der Waals surface area contributed by atoms with Crippen LogP contribution in [-0.4, -0.2) is 50.7 Å². The summed E-state index contributed by atoms with van der Waals surface area (Å²) in [6.07, 6.45) is 0.854. The van der Waals surface area contributed by atoms with Crippen LogP contribution in [0.1, 0.15) is 30.1 Å². The van der Waals surface area contributed by atoms with Crippen molar-refractivity contribution in [2.75, 3.05) is 31.6 Å². The molecule has 166 valence electrons. The Labute approximate surface area is 196 Å². The Hall–Kier alpha value is -1.98. The number of ether oxygens (including phenoxy) is 1. The Balaban J connectivity index is 1.65. The molecule has 7 nitrogen and oxygen atoms in total. The molecule has 1 fully saturated rings. The van der Waals surface area contributed by atoms with E-state index in [1.807, 2.05) is 24.3 Å². The second kappa shape index (κ2) is 10.6. The molecule has 9 heteroatoms. The van der Waals surface area contributed by atoms with E-state index in [0.29, 0.717) is 25.0 Å². The number of carbonyl (C=O) groups is 2. The maximum Gasteiger partial charge on any atom is 0.309 e. The van der Waals surface area contributed by atoms with Gasteiger partial charge in [0.1, 0.15) is 0 Å². The Kier molecular flexibility index (Phi) is 8.06. The van der Waals surface area contributed by atoms with E-state index in [1.54, 1.807) is 19.1 Å². The van der Waals surface area contributed by atoms with Gasteiger partial charge >= 0.3 is 5.97 Å². The quantitative estimate of drug-likeness (QED) is 0.304. The Bertz CT molecular complexity index is 1030. The van der Waals surface area contributed by atoms with Crippen LogP contribution in [0.3, 0.4) is 0 Å². The maximum atomic E-state index is 13.1. The van der Waals surface area contributed by atoms with Gasteiger partial charge in [-0.2, -0.15) is 4.31 Å². The monoisotopic (exact) mass is 556 g/mol. The van der Waals surface area contributed by atoms with Crippen LogP contribution >= 0.6 is 22.6 Å². The molecule has 31 heavy (non-hydrogen) atoms. The van der Waals surface area contributed by atoms with Gasteiger partial charge in [0.2, 0.25) is 10.0 Å². The fraction of sp³-hybridized carbons (Fsp3) is 0.364. The van der Waals surface area contributed by atoms with Crippen LogP contribution in [0.2, 0.25) is 0 Å².